The molecule has 0 unspecified atom stereocenters. The van der Waals surface area contributed by atoms with Crippen LogP contribution in [-0.4, -0.2) is 64.1 Å². The van der Waals surface area contributed by atoms with Crippen molar-refractivity contribution < 1.29 is 9.59 Å². The fourth-order valence-electron chi connectivity index (χ4n) is 4.04. The van der Waals surface area contributed by atoms with Crippen LogP contribution in [0.4, 0.5) is 5.69 Å². The van der Waals surface area contributed by atoms with Crippen LogP contribution < -0.4 is 5.32 Å². The zero-order valence-electron chi connectivity index (χ0n) is 18.8. The summed E-state index contributed by atoms with van der Waals surface area (Å²) < 4.78 is 1.89. The zero-order chi connectivity index (χ0) is 22.0. The maximum Gasteiger partial charge on any atom is 0.254 e. The number of carbonyl (C=O) groups excluding carboxylic acids is 2. The Morgan fingerprint density at radius 1 is 1.13 bits per heavy atom. The van der Waals surface area contributed by atoms with Gasteiger partial charge in [0.05, 0.1) is 5.69 Å². The van der Waals surface area contributed by atoms with Crippen molar-refractivity contribution in [3.8, 4) is 11.3 Å². The normalized spacial score (nSPS) is 17.2. The third kappa shape index (κ3) is 4.98. The number of amides is 2. The van der Waals surface area contributed by atoms with E-state index in [1.807, 2.05) is 40.0 Å². The Morgan fingerprint density at radius 2 is 1.87 bits per heavy atom. The van der Waals surface area contributed by atoms with E-state index in [-0.39, 0.29) is 23.8 Å². The second-order valence-electron chi connectivity index (χ2n) is 8.93. The molecule has 2 amide bonds. The molecule has 0 bridgehead atoms. The molecular formula is C24H33N5O2. The van der Waals surface area contributed by atoms with Crippen LogP contribution in [0.2, 0.25) is 0 Å². The van der Waals surface area contributed by atoms with E-state index in [0.717, 1.165) is 68.9 Å². The van der Waals surface area contributed by atoms with E-state index in [1.54, 1.807) is 0 Å². The van der Waals surface area contributed by atoms with Gasteiger partial charge in [0.15, 0.2) is 0 Å². The van der Waals surface area contributed by atoms with Crippen molar-refractivity contribution in [2.45, 2.75) is 46.1 Å². The number of hydrogen-bond acceptors (Lipinski definition) is 4. The van der Waals surface area contributed by atoms with Gasteiger partial charge in [-0.1, -0.05) is 6.92 Å². The fraction of sp³-hybridized carbons (Fsp3) is 0.542. The molecule has 1 saturated heterocycles. The molecular weight excluding hydrogens is 390 g/mol. The lowest BCUT2D eigenvalue weighted by Gasteiger charge is -2.34. The highest BCUT2D eigenvalue weighted by Crippen LogP contribution is 2.32. The van der Waals surface area contributed by atoms with Crippen LogP contribution in [0.15, 0.2) is 30.5 Å². The van der Waals surface area contributed by atoms with Gasteiger partial charge in [0, 0.05) is 61.1 Å². The molecule has 0 atom stereocenters. The summed E-state index contributed by atoms with van der Waals surface area (Å²) in [5.74, 6) is 0.222. The standard InChI is InChI=1S/C24H33N5O2/c1-4-10-27-12-14-28(15-13-27)24(31)20-8-7-19(25-23(30)18-5-6-18)16-21(20)22-9-11-29(26-22)17(2)3/h7-9,11,16-18H,4-6,10,12-15H2,1-3H3,(H,25,30). The van der Waals surface area contributed by atoms with E-state index in [4.69, 9.17) is 5.10 Å². The molecule has 7 heteroatoms. The second-order valence-corrected chi connectivity index (χ2v) is 8.93. The minimum absolute atomic E-state index is 0.0327. The second kappa shape index (κ2) is 9.22. The highest BCUT2D eigenvalue weighted by molar-refractivity contribution is 6.02. The number of anilines is 1. The molecule has 7 nitrogen and oxygen atoms in total. The number of rotatable bonds is 7. The van der Waals surface area contributed by atoms with E-state index >= 15 is 0 Å². The number of hydrogen-bond donors (Lipinski definition) is 1. The average molecular weight is 424 g/mol. The van der Waals surface area contributed by atoms with Crippen LogP contribution >= 0.6 is 0 Å². The van der Waals surface area contributed by atoms with Gasteiger partial charge in [0.1, 0.15) is 0 Å². The van der Waals surface area contributed by atoms with Crippen molar-refractivity contribution in [3.05, 3.63) is 36.0 Å². The molecule has 4 rings (SSSR count). The predicted octanol–water partition coefficient (Wildman–Crippen LogP) is 3.65. The van der Waals surface area contributed by atoms with Gasteiger partial charge < -0.3 is 10.2 Å². The Hall–Kier alpha value is -2.67. The Morgan fingerprint density at radius 3 is 2.48 bits per heavy atom. The highest BCUT2D eigenvalue weighted by atomic mass is 16.2. The summed E-state index contributed by atoms with van der Waals surface area (Å²) in [5, 5.41) is 7.70. The summed E-state index contributed by atoms with van der Waals surface area (Å²) in [7, 11) is 0. The van der Waals surface area contributed by atoms with Crippen LogP contribution in [0.3, 0.4) is 0 Å². The van der Waals surface area contributed by atoms with Crippen LogP contribution in [0.5, 0.6) is 0 Å². The summed E-state index contributed by atoms with van der Waals surface area (Å²) in [6.45, 7) is 10.7. The zero-order valence-corrected chi connectivity index (χ0v) is 18.8. The molecule has 2 heterocycles. The topological polar surface area (TPSA) is 70.5 Å². The van der Waals surface area contributed by atoms with Crippen molar-refractivity contribution in [1.82, 2.24) is 19.6 Å². The molecule has 0 spiro atoms. The van der Waals surface area contributed by atoms with Crippen LogP contribution in [0.25, 0.3) is 11.3 Å². The SMILES string of the molecule is CCCN1CCN(C(=O)c2ccc(NC(=O)C3CC3)cc2-c2ccn(C(C)C)n2)CC1. The van der Waals surface area contributed by atoms with Gasteiger partial charge in [-0.2, -0.15) is 5.10 Å². The largest absolute Gasteiger partial charge is 0.336 e. The fourth-order valence-corrected chi connectivity index (χ4v) is 4.04. The molecule has 31 heavy (non-hydrogen) atoms. The number of piperazine rings is 1. The molecule has 2 fully saturated rings. The molecule has 1 aromatic carbocycles. The van der Waals surface area contributed by atoms with E-state index in [1.165, 1.54) is 0 Å². The number of nitrogens with zero attached hydrogens (tertiary/aromatic N) is 4. The van der Waals surface area contributed by atoms with Crippen molar-refractivity contribution >= 4 is 17.5 Å². The molecule has 1 aliphatic heterocycles. The summed E-state index contributed by atoms with van der Waals surface area (Å²) in [6, 6.07) is 7.75. The Labute approximate surface area is 184 Å². The van der Waals surface area contributed by atoms with Gasteiger partial charge in [0.2, 0.25) is 5.91 Å². The van der Waals surface area contributed by atoms with E-state index < -0.39 is 0 Å². The smallest absolute Gasteiger partial charge is 0.254 e. The summed E-state index contributed by atoms with van der Waals surface area (Å²) in [6.07, 6.45) is 4.98. The van der Waals surface area contributed by atoms with Gasteiger partial charge in [-0.3, -0.25) is 19.2 Å². The van der Waals surface area contributed by atoms with E-state index in [2.05, 4.69) is 31.0 Å². The number of nitrogens with one attached hydrogen (secondary N) is 1. The van der Waals surface area contributed by atoms with Gasteiger partial charge in [-0.05, 0) is 63.9 Å². The quantitative estimate of drug-likeness (QED) is 0.738. The van der Waals surface area contributed by atoms with Crippen molar-refractivity contribution in [2.75, 3.05) is 38.0 Å². The molecule has 0 radical (unpaired) electrons. The van der Waals surface area contributed by atoms with Gasteiger partial charge in [0.25, 0.3) is 5.91 Å². The van der Waals surface area contributed by atoms with Crippen LogP contribution in [0.1, 0.15) is 56.4 Å². The lowest BCUT2D eigenvalue weighted by Crippen LogP contribution is -2.48. The molecule has 1 saturated carbocycles. The molecule has 166 valence electrons. The van der Waals surface area contributed by atoms with Gasteiger partial charge in [-0.25, -0.2) is 0 Å². The number of benzene rings is 1. The Kier molecular flexibility index (Phi) is 6.41. The van der Waals surface area contributed by atoms with E-state index in [0.29, 0.717) is 5.56 Å². The van der Waals surface area contributed by atoms with Crippen molar-refractivity contribution in [1.29, 1.82) is 0 Å². The first-order chi connectivity index (χ1) is 15.0. The molecule has 2 aromatic rings. The van der Waals surface area contributed by atoms with Crippen molar-refractivity contribution in [3.63, 3.8) is 0 Å². The molecule has 2 aliphatic rings. The molecule has 1 aromatic heterocycles. The predicted molar refractivity (Wildman–Crippen MR) is 122 cm³/mol. The summed E-state index contributed by atoms with van der Waals surface area (Å²) >= 11 is 0. The first-order valence-electron chi connectivity index (χ1n) is 11.5. The summed E-state index contributed by atoms with van der Waals surface area (Å²) in [4.78, 5) is 30.0. The molecule has 1 N–H and O–H groups in total. The molecule has 1 aliphatic carbocycles. The lowest BCUT2D eigenvalue weighted by atomic mass is 10.0. The third-order valence-corrected chi connectivity index (χ3v) is 6.08. The van der Waals surface area contributed by atoms with Crippen LogP contribution in [0, 0.1) is 5.92 Å². The monoisotopic (exact) mass is 423 g/mol. The number of aromatic nitrogens is 2. The minimum Gasteiger partial charge on any atom is -0.336 e. The maximum atomic E-state index is 13.4. The summed E-state index contributed by atoms with van der Waals surface area (Å²) in [5.41, 5.74) is 2.89. The Balaban J connectivity index is 1.60. The Bertz CT molecular complexity index is 939. The third-order valence-electron chi connectivity index (χ3n) is 6.08. The first kappa shape index (κ1) is 21.6. The van der Waals surface area contributed by atoms with Crippen molar-refractivity contribution in [2.24, 2.45) is 5.92 Å². The minimum atomic E-state index is 0.0327. The number of carbonyl (C=O) groups is 2. The maximum absolute atomic E-state index is 13.4. The lowest BCUT2D eigenvalue weighted by molar-refractivity contribution is -0.117. The van der Waals surface area contributed by atoms with Crippen LogP contribution in [-0.2, 0) is 4.79 Å². The first-order valence-corrected chi connectivity index (χ1v) is 11.5. The highest BCUT2D eigenvalue weighted by Gasteiger charge is 2.30. The average Bonchev–Trinajstić information content (AvgIpc) is 3.50. The van der Waals surface area contributed by atoms with Gasteiger partial charge >= 0.3 is 0 Å². The van der Waals surface area contributed by atoms with E-state index in [9.17, 15) is 9.59 Å². The van der Waals surface area contributed by atoms with Gasteiger partial charge in [-0.15, -0.1) is 0 Å².